The number of nitrogens with one attached hydrogen (secondary N) is 1. The lowest BCUT2D eigenvalue weighted by Crippen LogP contribution is -2.27. The first kappa shape index (κ1) is 19.2. The molecule has 1 N–H and O–H groups in total. The minimum Gasteiger partial charge on any atom is -0.497 e. The second kappa shape index (κ2) is 7.56. The average molecular weight is 384 g/mol. The van der Waals surface area contributed by atoms with E-state index in [1.807, 2.05) is 65.0 Å². The molecule has 0 saturated carbocycles. The highest BCUT2D eigenvalue weighted by molar-refractivity contribution is 7.11. The van der Waals surface area contributed by atoms with Gasteiger partial charge in [-0.15, -0.1) is 11.3 Å². The van der Waals surface area contributed by atoms with Gasteiger partial charge in [0.15, 0.2) is 0 Å². The minimum absolute atomic E-state index is 0.0739. The number of carbonyl (C=O) groups excluding carboxylic acids is 1. The third-order valence-electron chi connectivity index (χ3n) is 4.67. The number of amides is 1. The van der Waals surface area contributed by atoms with Gasteiger partial charge in [-0.05, 0) is 52.8 Å². The van der Waals surface area contributed by atoms with Crippen molar-refractivity contribution in [3.8, 4) is 11.4 Å². The number of hydrogen-bond donors (Lipinski definition) is 1. The van der Waals surface area contributed by atoms with E-state index in [0.29, 0.717) is 5.56 Å². The number of nitrogens with zero attached hydrogens (tertiary/aromatic N) is 2. The molecule has 142 valence electrons. The monoisotopic (exact) mass is 383 g/mol. The fourth-order valence-electron chi connectivity index (χ4n) is 3.43. The SMILES string of the molecule is COc1cccc(-n2c(C)cc(C(=O)NC(C)c3sc(C)nc3C)c2C)c1. The maximum absolute atomic E-state index is 12.9. The number of aryl methyl sites for hydroxylation is 3. The number of hydrogen-bond acceptors (Lipinski definition) is 4. The van der Waals surface area contributed by atoms with Gasteiger partial charge in [0.05, 0.1) is 29.4 Å². The predicted molar refractivity (Wildman–Crippen MR) is 109 cm³/mol. The summed E-state index contributed by atoms with van der Waals surface area (Å²) in [5, 5.41) is 4.13. The highest BCUT2D eigenvalue weighted by Gasteiger charge is 2.20. The number of benzene rings is 1. The molecule has 0 aliphatic rings. The van der Waals surface area contributed by atoms with Gasteiger partial charge in [0, 0.05) is 28.0 Å². The Hall–Kier alpha value is -2.60. The first-order valence-corrected chi connectivity index (χ1v) is 9.71. The van der Waals surface area contributed by atoms with Gasteiger partial charge in [-0.2, -0.15) is 0 Å². The largest absolute Gasteiger partial charge is 0.497 e. The maximum Gasteiger partial charge on any atom is 0.253 e. The molecule has 0 radical (unpaired) electrons. The van der Waals surface area contributed by atoms with E-state index < -0.39 is 0 Å². The van der Waals surface area contributed by atoms with E-state index >= 15 is 0 Å². The molecule has 1 unspecified atom stereocenters. The van der Waals surface area contributed by atoms with Crippen LogP contribution >= 0.6 is 11.3 Å². The molecule has 0 saturated heterocycles. The van der Waals surface area contributed by atoms with Crippen LogP contribution in [0, 0.1) is 27.7 Å². The summed E-state index contributed by atoms with van der Waals surface area (Å²) in [6.07, 6.45) is 0. The molecule has 2 aromatic heterocycles. The topological polar surface area (TPSA) is 56.1 Å². The third-order valence-corrected chi connectivity index (χ3v) is 5.92. The number of methoxy groups -OCH3 is 1. The van der Waals surface area contributed by atoms with E-state index in [2.05, 4.69) is 14.9 Å². The summed E-state index contributed by atoms with van der Waals surface area (Å²) in [6, 6.07) is 9.69. The predicted octanol–water partition coefficient (Wildman–Crippen LogP) is 4.67. The van der Waals surface area contributed by atoms with Crippen LogP contribution in [0.25, 0.3) is 5.69 Å². The van der Waals surface area contributed by atoms with Crippen molar-refractivity contribution < 1.29 is 9.53 Å². The van der Waals surface area contributed by atoms with Crippen LogP contribution < -0.4 is 10.1 Å². The molecule has 3 rings (SSSR count). The molecule has 6 heteroatoms. The first-order chi connectivity index (χ1) is 12.8. The summed E-state index contributed by atoms with van der Waals surface area (Å²) in [7, 11) is 1.65. The molecule has 5 nitrogen and oxygen atoms in total. The smallest absolute Gasteiger partial charge is 0.253 e. The second-order valence-corrected chi connectivity index (χ2v) is 7.93. The number of carbonyl (C=O) groups is 1. The average Bonchev–Trinajstić information content (AvgIpc) is 3.12. The van der Waals surface area contributed by atoms with Crippen molar-refractivity contribution in [2.75, 3.05) is 7.11 Å². The first-order valence-electron chi connectivity index (χ1n) is 8.90. The summed E-state index contributed by atoms with van der Waals surface area (Å²) in [5.41, 5.74) is 4.55. The Balaban J connectivity index is 1.89. The summed E-state index contributed by atoms with van der Waals surface area (Å²) < 4.78 is 7.40. The van der Waals surface area contributed by atoms with E-state index in [-0.39, 0.29) is 11.9 Å². The molecular weight excluding hydrogens is 358 g/mol. The van der Waals surface area contributed by atoms with E-state index in [0.717, 1.165) is 38.4 Å². The van der Waals surface area contributed by atoms with E-state index in [1.165, 1.54) is 0 Å². The maximum atomic E-state index is 12.9. The standard InChI is InChI=1S/C21H25N3O2S/c1-12-10-19(15(4)24(12)17-8-7-9-18(11-17)26-6)21(25)23-14(3)20-13(2)22-16(5)27-20/h7-11,14H,1-6H3,(H,23,25). The second-order valence-electron chi connectivity index (χ2n) is 6.70. The van der Waals surface area contributed by atoms with Crippen molar-refractivity contribution in [3.05, 3.63) is 62.9 Å². The Morgan fingerprint density at radius 1 is 1.22 bits per heavy atom. The van der Waals surface area contributed by atoms with Crippen LogP contribution in [0.2, 0.25) is 0 Å². The molecule has 1 atom stereocenters. The van der Waals surface area contributed by atoms with Gasteiger partial charge in [0.2, 0.25) is 0 Å². The van der Waals surface area contributed by atoms with Crippen molar-refractivity contribution in [1.29, 1.82) is 0 Å². The molecular formula is C21H25N3O2S. The number of aromatic nitrogens is 2. The fourth-order valence-corrected chi connectivity index (χ4v) is 4.36. The van der Waals surface area contributed by atoms with Crippen molar-refractivity contribution in [2.45, 2.75) is 40.7 Å². The van der Waals surface area contributed by atoms with Gasteiger partial charge in [-0.3, -0.25) is 4.79 Å². The zero-order valence-electron chi connectivity index (χ0n) is 16.6. The Labute approximate surface area is 164 Å². The van der Waals surface area contributed by atoms with Crippen molar-refractivity contribution in [1.82, 2.24) is 14.9 Å². The lowest BCUT2D eigenvalue weighted by Gasteiger charge is -2.14. The van der Waals surface area contributed by atoms with E-state index in [4.69, 9.17) is 4.74 Å². The summed E-state index contributed by atoms with van der Waals surface area (Å²) in [6.45, 7) is 9.93. The Bertz CT molecular complexity index is 987. The number of ether oxygens (including phenoxy) is 1. The summed E-state index contributed by atoms with van der Waals surface area (Å²) in [5.74, 6) is 0.714. The van der Waals surface area contributed by atoms with Crippen LogP contribution in [0.15, 0.2) is 30.3 Å². The quantitative estimate of drug-likeness (QED) is 0.697. The Morgan fingerprint density at radius 2 is 1.96 bits per heavy atom. The molecule has 0 spiro atoms. The van der Waals surface area contributed by atoms with Crippen molar-refractivity contribution >= 4 is 17.2 Å². The highest BCUT2D eigenvalue weighted by atomic mass is 32.1. The van der Waals surface area contributed by atoms with E-state index in [1.54, 1.807) is 18.4 Å². The van der Waals surface area contributed by atoms with Crippen molar-refractivity contribution in [2.24, 2.45) is 0 Å². The fraction of sp³-hybridized carbons (Fsp3) is 0.333. The zero-order valence-corrected chi connectivity index (χ0v) is 17.4. The summed E-state index contributed by atoms with van der Waals surface area (Å²) in [4.78, 5) is 18.5. The Kier molecular flexibility index (Phi) is 5.37. The molecule has 0 fully saturated rings. The molecule has 0 bridgehead atoms. The number of rotatable bonds is 5. The highest BCUT2D eigenvalue weighted by Crippen LogP contribution is 2.27. The Morgan fingerprint density at radius 3 is 2.59 bits per heavy atom. The van der Waals surface area contributed by atoms with Crippen molar-refractivity contribution in [3.63, 3.8) is 0 Å². The van der Waals surface area contributed by atoms with Gasteiger partial charge in [-0.25, -0.2) is 4.98 Å². The third kappa shape index (κ3) is 3.76. The van der Waals surface area contributed by atoms with E-state index in [9.17, 15) is 4.79 Å². The van der Waals surface area contributed by atoms with Crippen LogP contribution in [-0.4, -0.2) is 22.6 Å². The molecule has 27 heavy (non-hydrogen) atoms. The van der Waals surface area contributed by atoms with Gasteiger partial charge < -0.3 is 14.6 Å². The van der Waals surface area contributed by atoms with Gasteiger partial charge in [-0.1, -0.05) is 6.07 Å². The molecule has 0 aliphatic heterocycles. The lowest BCUT2D eigenvalue weighted by atomic mass is 10.2. The van der Waals surface area contributed by atoms with Crippen LogP contribution in [0.5, 0.6) is 5.75 Å². The molecule has 1 amide bonds. The van der Waals surface area contributed by atoms with Gasteiger partial charge in [0.1, 0.15) is 5.75 Å². The zero-order chi connectivity index (χ0) is 19.7. The van der Waals surface area contributed by atoms with Crippen LogP contribution in [0.4, 0.5) is 0 Å². The molecule has 0 aliphatic carbocycles. The van der Waals surface area contributed by atoms with Gasteiger partial charge >= 0.3 is 0 Å². The normalized spacial score (nSPS) is 12.1. The molecule has 3 aromatic rings. The lowest BCUT2D eigenvalue weighted by molar-refractivity contribution is 0.0940. The van der Waals surface area contributed by atoms with Gasteiger partial charge in [0.25, 0.3) is 5.91 Å². The molecule has 2 heterocycles. The minimum atomic E-state index is -0.0800. The van der Waals surface area contributed by atoms with Crippen LogP contribution in [0.3, 0.4) is 0 Å². The number of thiazole rings is 1. The molecule has 1 aromatic carbocycles. The summed E-state index contributed by atoms with van der Waals surface area (Å²) >= 11 is 1.63. The van der Waals surface area contributed by atoms with Crippen LogP contribution in [-0.2, 0) is 0 Å². The van der Waals surface area contributed by atoms with Crippen LogP contribution in [0.1, 0.15) is 50.3 Å².